The van der Waals surface area contributed by atoms with Crippen LogP contribution in [-0.2, 0) is 4.79 Å². The van der Waals surface area contributed by atoms with Crippen molar-refractivity contribution in [2.75, 3.05) is 32.7 Å². The summed E-state index contributed by atoms with van der Waals surface area (Å²) in [7, 11) is 0. The molecule has 2 fully saturated rings. The summed E-state index contributed by atoms with van der Waals surface area (Å²) in [5.74, 6) is 2.78. The first-order valence-corrected chi connectivity index (χ1v) is 7.60. The van der Waals surface area contributed by atoms with Crippen molar-refractivity contribution in [3.05, 3.63) is 0 Å². The van der Waals surface area contributed by atoms with Crippen molar-refractivity contribution in [2.24, 2.45) is 17.8 Å². The van der Waals surface area contributed by atoms with Crippen LogP contribution in [0.2, 0.25) is 0 Å². The first-order chi connectivity index (χ1) is 8.60. The van der Waals surface area contributed by atoms with Gasteiger partial charge in [0.1, 0.15) is 0 Å². The lowest BCUT2D eigenvalue weighted by molar-refractivity contribution is -0.135. The van der Waals surface area contributed by atoms with Crippen LogP contribution in [0.15, 0.2) is 0 Å². The van der Waals surface area contributed by atoms with Gasteiger partial charge in [-0.2, -0.15) is 0 Å². The van der Waals surface area contributed by atoms with Crippen LogP contribution in [0.3, 0.4) is 0 Å². The predicted molar refractivity (Wildman–Crippen MR) is 74.4 cm³/mol. The summed E-state index contributed by atoms with van der Waals surface area (Å²) < 4.78 is 0. The van der Waals surface area contributed by atoms with E-state index in [9.17, 15) is 4.79 Å². The summed E-state index contributed by atoms with van der Waals surface area (Å²) in [5.41, 5.74) is 0. The molecule has 0 atom stereocenters. The van der Waals surface area contributed by atoms with E-state index < -0.39 is 0 Å². The number of nitrogens with zero attached hydrogens (tertiary/aromatic N) is 2. The van der Waals surface area contributed by atoms with E-state index in [4.69, 9.17) is 0 Å². The summed E-state index contributed by atoms with van der Waals surface area (Å²) in [5, 5.41) is 0. The average molecular weight is 252 g/mol. The van der Waals surface area contributed by atoms with E-state index in [1.807, 2.05) is 0 Å². The summed E-state index contributed by atoms with van der Waals surface area (Å²) in [6.07, 6.45) is 3.65. The zero-order valence-electron chi connectivity index (χ0n) is 12.2. The molecular weight excluding hydrogens is 224 g/mol. The third kappa shape index (κ3) is 3.25. The highest BCUT2D eigenvalue weighted by molar-refractivity contribution is 5.78. The minimum Gasteiger partial charge on any atom is -0.342 e. The summed E-state index contributed by atoms with van der Waals surface area (Å²) >= 11 is 0. The van der Waals surface area contributed by atoms with E-state index in [1.54, 1.807) is 0 Å². The van der Waals surface area contributed by atoms with Gasteiger partial charge in [0.05, 0.1) is 6.54 Å². The average Bonchev–Trinajstić information content (AvgIpc) is 2.33. The number of piperidine rings is 1. The largest absolute Gasteiger partial charge is 0.342 e. The number of hydrogen-bond acceptors (Lipinski definition) is 2. The van der Waals surface area contributed by atoms with Crippen molar-refractivity contribution in [3.63, 3.8) is 0 Å². The Morgan fingerprint density at radius 2 is 1.83 bits per heavy atom. The van der Waals surface area contributed by atoms with Crippen LogP contribution < -0.4 is 0 Å². The molecule has 0 aliphatic carbocycles. The van der Waals surface area contributed by atoms with Crippen molar-refractivity contribution in [2.45, 2.75) is 40.0 Å². The molecule has 2 aliphatic rings. The van der Waals surface area contributed by atoms with E-state index in [1.165, 1.54) is 19.3 Å². The van der Waals surface area contributed by atoms with Gasteiger partial charge >= 0.3 is 0 Å². The number of carbonyl (C=O) groups excluding carboxylic acids is 1. The van der Waals surface area contributed by atoms with Crippen LogP contribution in [0.5, 0.6) is 0 Å². The normalized spacial score (nSPS) is 23.4. The molecule has 0 bridgehead atoms. The third-order valence-electron chi connectivity index (χ3n) is 4.80. The molecule has 0 aromatic carbocycles. The Morgan fingerprint density at radius 1 is 1.22 bits per heavy atom. The van der Waals surface area contributed by atoms with E-state index in [0.29, 0.717) is 12.5 Å². The summed E-state index contributed by atoms with van der Waals surface area (Å²) in [6, 6.07) is 0. The highest BCUT2D eigenvalue weighted by Gasteiger charge is 2.30. The minimum absolute atomic E-state index is 0.353. The van der Waals surface area contributed by atoms with Crippen molar-refractivity contribution in [3.8, 4) is 0 Å². The lowest BCUT2D eigenvalue weighted by Gasteiger charge is -2.40. The van der Waals surface area contributed by atoms with Gasteiger partial charge in [-0.3, -0.25) is 9.69 Å². The van der Waals surface area contributed by atoms with Gasteiger partial charge in [0.25, 0.3) is 0 Å². The quantitative estimate of drug-likeness (QED) is 0.766. The molecule has 3 heteroatoms. The van der Waals surface area contributed by atoms with Crippen LogP contribution in [0.1, 0.15) is 40.0 Å². The van der Waals surface area contributed by atoms with Gasteiger partial charge < -0.3 is 4.90 Å². The summed E-state index contributed by atoms with van der Waals surface area (Å²) in [6.45, 7) is 11.7. The smallest absolute Gasteiger partial charge is 0.236 e. The molecule has 2 heterocycles. The Kier molecular flexibility index (Phi) is 4.66. The predicted octanol–water partition coefficient (Wildman–Crippen LogP) is 2.22. The third-order valence-corrected chi connectivity index (χ3v) is 4.80. The molecule has 0 radical (unpaired) electrons. The van der Waals surface area contributed by atoms with Gasteiger partial charge in [-0.25, -0.2) is 0 Å². The molecule has 1 amide bonds. The fraction of sp³-hybridized carbons (Fsp3) is 0.933. The minimum atomic E-state index is 0.353. The molecule has 0 N–H and O–H groups in total. The second-order valence-electron chi connectivity index (χ2n) is 6.43. The van der Waals surface area contributed by atoms with E-state index in [0.717, 1.165) is 43.9 Å². The molecule has 2 rings (SSSR count). The van der Waals surface area contributed by atoms with Gasteiger partial charge in [0, 0.05) is 26.2 Å². The SMILES string of the molecule is CCC1CN(CC(=O)N2CCC(C(C)C)CC2)C1. The maximum Gasteiger partial charge on any atom is 0.236 e. The van der Waals surface area contributed by atoms with E-state index in [2.05, 4.69) is 30.6 Å². The van der Waals surface area contributed by atoms with Gasteiger partial charge in [-0.05, 0) is 30.6 Å². The van der Waals surface area contributed by atoms with Crippen LogP contribution in [0, 0.1) is 17.8 Å². The summed E-state index contributed by atoms with van der Waals surface area (Å²) in [4.78, 5) is 16.5. The maximum atomic E-state index is 12.2. The fourth-order valence-electron chi connectivity index (χ4n) is 3.17. The molecule has 3 nitrogen and oxygen atoms in total. The standard InChI is InChI=1S/C15H28N2O/c1-4-13-9-16(10-13)11-15(18)17-7-5-14(6-8-17)12(2)3/h12-14H,4-11H2,1-3H3. The zero-order chi connectivity index (χ0) is 13.1. The number of carbonyl (C=O) groups is 1. The molecule has 0 unspecified atom stereocenters. The molecular formula is C15H28N2O. The highest BCUT2D eigenvalue weighted by atomic mass is 16.2. The molecule has 104 valence electrons. The second-order valence-corrected chi connectivity index (χ2v) is 6.43. The van der Waals surface area contributed by atoms with Crippen molar-refractivity contribution < 1.29 is 4.79 Å². The molecule has 2 saturated heterocycles. The highest BCUT2D eigenvalue weighted by Crippen LogP contribution is 2.25. The topological polar surface area (TPSA) is 23.6 Å². The van der Waals surface area contributed by atoms with E-state index in [-0.39, 0.29) is 0 Å². The Balaban J connectivity index is 1.68. The second kappa shape index (κ2) is 6.05. The zero-order valence-corrected chi connectivity index (χ0v) is 12.2. The van der Waals surface area contributed by atoms with Gasteiger partial charge in [0.15, 0.2) is 0 Å². The molecule has 0 aromatic heterocycles. The Hall–Kier alpha value is -0.570. The fourth-order valence-corrected chi connectivity index (χ4v) is 3.17. The molecule has 2 aliphatic heterocycles. The molecule has 18 heavy (non-hydrogen) atoms. The monoisotopic (exact) mass is 252 g/mol. The van der Waals surface area contributed by atoms with Crippen LogP contribution in [-0.4, -0.2) is 48.4 Å². The van der Waals surface area contributed by atoms with Crippen LogP contribution in [0.25, 0.3) is 0 Å². The number of likely N-dealkylation sites (tertiary alicyclic amines) is 2. The lowest BCUT2D eigenvalue weighted by atomic mass is 9.86. The first kappa shape index (κ1) is 13.9. The van der Waals surface area contributed by atoms with Gasteiger partial charge in [0.2, 0.25) is 5.91 Å². The van der Waals surface area contributed by atoms with Gasteiger partial charge in [-0.1, -0.05) is 27.2 Å². The van der Waals surface area contributed by atoms with Crippen LogP contribution >= 0.6 is 0 Å². The lowest BCUT2D eigenvalue weighted by Crippen LogP contribution is -2.52. The van der Waals surface area contributed by atoms with Crippen molar-refractivity contribution in [1.82, 2.24) is 9.80 Å². The Labute approximate surface area is 112 Å². The molecule has 0 aromatic rings. The van der Waals surface area contributed by atoms with Crippen molar-refractivity contribution >= 4 is 5.91 Å². The molecule has 0 spiro atoms. The number of rotatable bonds is 4. The van der Waals surface area contributed by atoms with Gasteiger partial charge in [-0.15, -0.1) is 0 Å². The Morgan fingerprint density at radius 3 is 2.33 bits per heavy atom. The Bertz CT molecular complexity index is 276. The molecule has 0 saturated carbocycles. The number of amides is 1. The number of hydrogen-bond donors (Lipinski definition) is 0. The van der Waals surface area contributed by atoms with E-state index >= 15 is 0 Å². The van der Waals surface area contributed by atoms with Crippen LogP contribution in [0.4, 0.5) is 0 Å². The van der Waals surface area contributed by atoms with Crippen molar-refractivity contribution in [1.29, 1.82) is 0 Å². The first-order valence-electron chi connectivity index (χ1n) is 7.60. The maximum absolute atomic E-state index is 12.2.